The topological polar surface area (TPSA) is 42.7 Å². The molecule has 1 aromatic heterocycles. The number of allylic oxidation sites excluding steroid dienone is 1. The van der Waals surface area contributed by atoms with E-state index >= 15 is 0 Å². The summed E-state index contributed by atoms with van der Waals surface area (Å²) >= 11 is 3.42. The number of rotatable bonds is 2. The van der Waals surface area contributed by atoms with Crippen LogP contribution in [0.3, 0.4) is 0 Å². The second-order valence-electron chi connectivity index (χ2n) is 5.36. The maximum absolute atomic E-state index is 13.6. The van der Waals surface area contributed by atoms with Gasteiger partial charge in [-0.15, -0.1) is 0 Å². The number of hydrogen-bond acceptors (Lipinski definition) is 3. The minimum atomic E-state index is -0.887. The fraction of sp³-hybridized carbons (Fsp3) is 0.0588. The van der Waals surface area contributed by atoms with Crippen LogP contribution >= 0.6 is 15.9 Å². The Morgan fingerprint density at radius 1 is 1.04 bits per heavy atom. The molecule has 0 unspecified atom stereocenters. The summed E-state index contributed by atoms with van der Waals surface area (Å²) in [5, 5.41) is 7.35. The van der Waals surface area contributed by atoms with Crippen molar-refractivity contribution in [3.63, 3.8) is 0 Å². The minimum absolute atomic E-state index is 0.194. The van der Waals surface area contributed by atoms with Gasteiger partial charge >= 0.3 is 0 Å². The van der Waals surface area contributed by atoms with Crippen LogP contribution in [0.25, 0.3) is 5.70 Å². The van der Waals surface area contributed by atoms with Gasteiger partial charge in [-0.05, 0) is 42.0 Å². The lowest BCUT2D eigenvalue weighted by Crippen LogP contribution is -2.20. The Hall–Kier alpha value is -2.54. The van der Waals surface area contributed by atoms with Gasteiger partial charge in [0, 0.05) is 15.7 Å². The van der Waals surface area contributed by atoms with Crippen LogP contribution in [-0.2, 0) is 0 Å². The Labute approximate surface area is 145 Å². The lowest BCUT2D eigenvalue weighted by atomic mass is 10.0. The van der Waals surface area contributed by atoms with Crippen LogP contribution in [0.15, 0.2) is 59.3 Å². The van der Waals surface area contributed by atoms with Gasteiger partial charge in [0.2, 0.25) is 5.95 Å². The number of anilines is 1. The van der Waals surface area contributed by atoms with E-state index in [9.17, 15) is 8.78 Å². The van der Waals surface area contributed by atoms with Crippen molar-refractivity contribution in [2.45, 2.75) is 6.04 Å². The standard InChI is InChI=1S/C17H11BrF2N4/c18-12-4-1-10(2-5-12)16-8-15(23-17-21-9-22-24(16)17)11-3-6-13(19)14(20)7-11/h1-9,16H,(H,21,22,23)/t16-/m1/s1. The van der Waals surface area contributed by atoms with Crippen LogP contribution in [-0.4, -0.2) is 14.8 Å². The molecule has 2 aromatic carbocycles. The van der Waals surface area contributed by atoms with E-state index in [4.69, 9.17) is 0 Å². The molecule has 24 heavy (non-hydrogen) atoms. The molecular weight excluding hydrogens is 378 g/mol. The van der Waals surface area contributed by atoms with Crippen molar-refractivity contribution in [2.24, 2.45) is 0 Å². The second kappa shape index (κ2) is 5.83. The molecule has 4 nitrogen and oxygen atoms in total. The van der Waals surface area contributed by atoms with E-state index in [-0.39, 0.29) is 6.04 Å². The predicted molar refractivity (Wildman–Crippen MR) is 90.3 cm³/mol. The number of hydrogen-bond donors (Lipinski definition) is 1. The Bertz CT molecular complexity index is 934. The fourth-order valence-corrected chi connectivity index (χ4v) is 2.93. The van der Waals surface area contributed by atoms with Crippen molar-refractivity contribution >= 4 is 27.6 Å². The van der Waals surface area contributed by atoms with Gasteiger partial charge in [-0.25, -0.2) is 13.5 Å². The van der Waals surface area contributed by atoms with Crippen molar-refractivity contribution in [2.75, 3.05) is 5.32 Å². The van der Waals surface area contributed by atoms with Crippen molar-refractivity contribution in [1.29, 1.82) is 0 Å². The summed E-state index contributed by atoms with van der Waals surface area (Å²) in [4.78, 5) is 4.19. The molecule has 4 rings (SSSR count). The first-order chi connectivity index (χ1) is 11.6. The molecule has 0 saturated heterocycles. The van der Waals surface area contributed by atoms with Gasteiger partial charge in [0.15, 0.2) is 11.6 Å². The van der Waals surface area contributed by atoms with Crippen LogP contribution in [0, 0.1) is 11.6 Å². The summed E-state index contributed by atoms with van der Waals surface area (Å²) in [6.45, 7) is 0. The van der Waals surface area contributed by atoms with E-state index in [1.165, 1.54) is 18.5 Å². The van der Waals surface area contributed by atoms with E-state index in [0.29, 0.717) is 17.2 Å². The Morgan fingerprint density at radius 2 is 1.83 bits per heavy atom. The molecule has 0 spiro atoms. The third-order valence-corrected chi connectivity index (χ3v) is 4.38. The fourth-order valence-electron chi connectivity index (χ4n) is 2.66. The highest BCUT2D eigenvalue weighted by atomic mass is 79.9. The molecule has 7 heteroatoms. The number of benzene rings is 2. The number of nitrogens with one attached hydrogen (secondary N) is 1. The molecule has 1 N–H and O–H groups in total. The van der Waals surface area contributed by atoms with Crippen molar-refractivity contribution < 1.29 is 8.78 Å². The summed E-state index contributed by atoms with van der Waals surface area (Å²) in [5.41, 5.74) is 2.21. The molecule has 1 aliphatic heterocycles. The average Bonchev–Trinajstić information content (AvgIpc) is 3.06. The molecule has 2 heterocycles. The highest BCUT2D eigenvalue weighted by molar-refractivity contribution is 9.10. The first kappa shape index (κ1) is 15.0. The number of aromatic nitrogens is 3. The summed E-state index contributed by atoms with van der Waals surface area (Å²) < 4.78 is 29.5. The first-order valence-corrected chi connectivity index (χ1v) is 8.00. The van der Waals surface area contributed by atoms with Crippen LogP contribution in [0.2, 0.25) is 0 Å². The summed E-state index contributed by atoms with van der Waals surface area (Å²) in [7, 11) is 0. The number of halogens is 3. The van der Waals surface area contributed by atoms with Crippen LogP contribution in [0.4, 0.5) is 14.7 Å². The van der Waals surface area contributed by atoms with Crippen molar-refractivity contribution in [3.8, 4) is 0 Å². The largest absolute Gasteiger partial charge is 0.324 e. The van der Waals surface area contributed by atoms with E-state index in [0.717, 1.165) is 16.1 Å². The zero-order valence-electron chi connectivity index (χ0n) is 12.2. The Balaban J connectivity index is 1.81. The molecule has 120 valence electrons. The van der Waals surface area contributed by atoms with E-state index in [1.54, 1.807) is 4.68 Å². The smallest absolute Gasteiger partial charge is 0.226 e. The average molecular weight is 389 g/mol. The molecule has 3 aromatic rings. The van der Waals surface area contributed by atoms with Crippen molar-refractivity contribution in [1.82, 2.24) is 14.8 Å². The molecule has 1 atom stereocenters. The second-order valence-corrected chi connectivity index (χ2v) is 6.27. The quantitative estimate of drug-likeness (QED) is 0.708. The SMILES string of the molecule is Fc1ccc(C2=C[C@H](c3ccc(Br)cc3)n3ncnc3N2)cc1F. The minimum Gasteiger partial charge on any atom is -0.324 e. The van der Waals surface area contributed by atoms with Gasteiger partial charge in [-0.2, -0.15) is 10.1 Å². The third kappa shape index (κ3) is 2.60. The third-order valence-electron chi connectivity index (χ3n) is 3.85. The van der Waals surface area contributed by atoms with Gasteiger partial charge in [0.05, 0.1) is 0 Å². The van der Waals surface area contributed by atoms with Gasteiger partial charge in [-0.3, -0.25) is 0 Å². The zero-order chi connectivity index (χ0) is 16.7. The maximum Gasteiger partial charge on any atom is 0.226 e. The highest BCUT2D eigenvalue weighted by Gasteiger charge is 2.23. The molecule has 0 saturated carbocycles. The molecular formula is C17H11BrF2N4. The van der Waals surface area contributed by atoms with Gasteiger partial charge in [-0.1, -0.05) is 28.1 Å². The Morgan fingerprint density at radius 3 is 2.58 bits per heavy atom. The highest BCUT2D eigenvalue weighted by Crippen LogP contribution is 2.32. The molecule has 1 aliphatic rings. The van der Waals surface area contributed by atoms with E-state index in [1.807, 2.05) is 30.3 Å². The molecule has 0 aliphatic carbocycles. The summed E-state index contributed by atoms with van der Waals surface area (Å²) in [6, 6.07) is 11.5. The lowest BCUT2D eigenvalue weighted by Gasteiger charge is -2.24. The van der Waals surface area contributed by atoms with E-state index < -0.39 is 11.6 Å². The zero-order valence-corrected chi connectivity index (χ0v) is 13.8. The van der Waals surface area contributed by atoms with Crippen LogP contribution in [0.1, 0.15) is 17.2 Å². The van der Waals surface area contributed by atoms with Crippen LogP contribution < -0.4 is 5.32 Å². The predicted octanol–water partition coefficient (Wildman–Crippen LogP) is 4.37. The van der Waals surface area contributed by atoms with E-state index in [2.05, 4.69) is 31.3 Å². The van der Waals surface area contributed by atoms with Gasteiger partial charge in [0.1, 0.15) is 12.4 Å². The van der Waals surface area contributed by atoms with Gasteiger partial charge < -0.3 is 5.32 Å². The molecule has 0 amide bonds. The molecule has 0 radical (unpaired) electrons. The summed E-state index contributed by atoms with van der Waals surface area (Å²) in [5.74, 6) is -1.21. The van der Waals surface area contributed by atoms with Crippen LogP contribution in [0.5, 0.6) is 0 Å². The maximum atomic E-state index is 13.6. The Kier molecular flexibility index (Phi) is 3.65. The lowest BCUT2D eigenvalue weighted by molar-refractivity contribution is 0.508. The summed E-state index contributed by atoms with van der Waals surface area (Å²) in [6.07, 6.45) is 3.37. The number of nitrogens with zero attached hydrogens (tertiary/aromatic N) is 3. The molecule has 0 fully saturated rings. The first-order valence-electron chi connectivity index (χ1n) is 7.21. The molecule has 0 bridgehead atoms. The van der Waals surface area contributed by atoms with Gasteiger partial charge in [0.25, 0.3) is 0 Å². The normalized spacial score (nSPS) is 16.3. The monoisotopic (exact) mass is 388 g/mol. The van der Waals surface area contributed by atoms with Crippen molar-refractivity contribution in [3.05, 3.63) is 82.1 Å². The number of fused-ring (bicyclic) bond motifs is 1.